The monoisotopic (exact) mass is 548 g/mol. The molecule has 0 spiro atoms. The lowest BCUT2D eigenvalue weighted by atomic mass is 10.2. The van der Waals surface area contributed by atoms with E-state index in [-0.39, 0.29) is 6.16 Å². The summed E-state index contributed by atoms with van der Waals surface area (Å²) in [5.74, 6) is 0. The van der Waals surface area contributed by atoms with Crippen molar-refractivity contribution in [1.82, 2.24) is 0 Å². The topological polar surface area (TPSA) is 57.5 Å². The fourth-order valence-corrected chi connectivity index (χ4v) is 9.30. The number of thiophene rings is 5. The van der Waals surface area contributed by atoms with Crippen LogP contribution in [0.3, 0.4) is 0 Å². The van der Waals surface area contributed by atoms with Crippen molar-refractivity contribution in [2.45, 2.75) is 19.3 Å². The summed E-state index contributed by atoms with van der Waals surface area (Å²) in [7, 11) is -3.88. The summed E-state index contributed by atoms with van der Waals surface area (Å²) in [6, 6.07) is 21.9. The number of hydrogen-bond acceptors (Lipinski definition) is 6. The summed E-state index contributed by atoms with van der Waals surface area (Å²) in [5.41, 5.74) is 0. The van der Waals surface area contributed by atoms with Crippen LogP contribution < -0.4 is 0 Å². The molecule has 0 saturated carbocycles. The molecule has 9 heteroatoms. The molecule has 2 N–H and O–H groups in total. The quantitative estimate of drug-likeness (QED) is 0.143. The SMILES string of the molecule is O=P(O)(O)CCCCc1ccc(-c2ccc(-c3ccc(-c4ccc(-c5cccs5)s4)s3)s2)s1. The molecule has 5 heterocycles. The van der Waals surface area contributed by atoms with Crippen LogP contribution in [0.1, 0.15) is 17.7 Å². The van der Waals surface area contributed by atoms with Crippen LogP contribution >= 0.6 is 64.3 Å². The van der Waals surface area contributed by atoms with Crippen molar-refractivity contribution in [3.05, 3.63) is 70.9 Å². The maximum Gasteiger partial charge on any atom is 0.325 e. The average molecular weight is 549 g/mol. The van der Waals surface area contributed by atoms with Crippen molar-refractivity contribution >= 4 is 64.3 Å². The van der Waals surface area contributed by atoms with E-state index in [0.717, 1.165) is 12.8 Å². The Kier molecular flexibility index (Phi) is 7.16. The third-order valence-electron chi connectivity index (χ3n) is 5.09. The highest BCUT2D eigenvalue weighted by Crippen LogP contribution is 2.44. The summed E-state index contributed by atoms with van der Waals surface area (Å²) in [6.07, 6.45) is 2.20. The van der Waals surface area contributed by atoms with Crippen molar-refractivity contribution in [1.29, 1.82) is 0 Å². The Morgan fingerprint density at radius 1 is 0.606 bits per heavy atom. The highest BCUT2D eigenvalue weighted by atomic mass is 32.1. The van der Waals surface area contributed by atoms with Crippen molar-refractivity contribution in [2.75, 3.05) is 6.16 Å². The van der Waals surface area contributed by atoms with Gasteiger partial charge in [-0.1, -0.05) is 6.07 Å². The fraction of sp³-hybridized carbons (Fsp3) is 0.167. The van der Waals surface area contributed by atoms with Gasteiger partial charge in [-0.2, -0.15) is 0 Å². The minimum atomic E-state index is -3.88. The Hall–Kier alpha value is -1.35. The van der Waals surface area contributed by atoms with Crippen LogP contribution in [0.4, 0.5) is 0 Å². The van der Waals surface area contributed by atoms with E-state index in [1.54, 1.807) is 22.7 Å². The van der Waals surface area contributed by atoms with Gasteiger partial charge in [0.25, 0.3) is 0 Å². The molecule has 0 unspecified atom stereocenters. The zero-order valence-electron chi connectivity index (χ0n) is 17.5. The van der Waals surface area contributed by atoms with Crippen LogP contribution in [-0.2, 0) is 11.0 Å². The standard InChI is InChI=1S/C24H21O3PS5/c25-28(26,27)14-2-1-4-16-6-7-19(30-16)20-10-11-23(32-20)24-13-12-22(33-24)21-9-8-18(31-21)17-5-3-15-29-17/h3,5-13,15H,1-2,4,14H2,(H2,25,26,27). The summed E-state index contributed by atoms with van der Waals surface area (Å²) in [6.45, 7) is 0. The second-order valence-electron chi connectivity index (χ2n) is 7.58. The molecular formula is C24H21O3PS5. The third kappa shape index (κ3) is 5.84. The van der Waals surface area contributed by atoms with Crippen molar-refractivity contribution in [2.24, 2.45) is 0 Å². The molecule has 0 fully saturated rings. The van der Waals surface area contributed by atoms with Crippen LogP contribution in [0.5, 0.6) is 0 Å². The molecule has 5 rings (SSSR count). The van der Waals surface area contributed by atoms with Gasteiger partial charge in [0.05, 0.1) is 0 Å². The van der Waals surface area contributed by atoms with E-state index in [9.17, 15) is 4.57 Å². The molecule has 0 bridgehead atoms. The smallest absolute Gasteiger partial charge is 0.324 e. The summed E-state index contributed by atoms with van der Waals surface area (Å²) in [4.78, 5) is 29.6. The zero-order chi connectivity index (χ0) is 22.8. The molecular weight excluding hydrogens is 528 g/mol. The molecule has 0 aliphatic carbocycles. The second-order valence-corrected chi connectivity index (χ2v) is 14.7. The van der Waals surface area contributed by atoms with Gasteiger partial charge in [-0.3, -0.25) is 4.57 Å². The first-order valence-electron chi connectivity index (χ1n) is 10.4. The van der Waals surface area contributed by atoms with Crippen LogP contribution in [-0.4, -0.2) is 15.9 Å². The largest absolute Gasteiger partial charge is 0.325 e. The number of unbranched alkanes of at least 4 members (excludes halogenated alkanes) is 1. The van der Waals surface area contributed by atoms with E-state index in [1.807, 2.05) is 34.0 Å². The lowest BCUT2D eigenvalue weighted by Crippen LogP contribution is -1.89. The fourth-order valence-electron chi connectivity index (χ4n) is 3.49. The van der Waals surface area contributed by atoms with Crippen LogP contribution in [0.15, 0.2) is 66.0 Å². The third-order valence-corrected chi connectivity index (χ3v) is 12.0. The van der Waals surface area contributed by atoms with Gasteiger partial charge in [-0.05, 0) is 79.2 Å². The highest BCUT2D eigenvalue weighted by molar-refractivity contribution is 7.51. The predicted molar refractivity (Wildman–Crippen MR) is 147 cm³/mol. The van der Waals surface area contributed by atoms with E-state index in [1.165, 1.54) is 43.9 Å². The van der Waals surface area contributed by atoms with Crippen LogP contribution in [0.2, 0.25) is 0 Å². The van der Waals surface area contributed by atoms with Gasteiger partial charge in [0, 0.05) is 50.1 Å². The van der Waals surface area contributed by atoms with Crippen molar-refractivity contribution < 1.29 is 14.4 Å². The second kappa shape index (κ2) is 10.1. The summed E-state index contributed by atoms with van der Waals surface area (Å²) in [5, 5.41) is 2.12. The molecule has 0 atom stereocenters. The Balaban J connectivity index is 1.25. The Morgan fingerprint density at radius 2 is 1.09 bits per heavy atom. The summed E-state index contributed by atoms with van der Waals surface area (Å²) < 4.78 is 11.0. The zero-order valence-corrected chi connectivity index (χ0v) is 22.4. The average Bonchev–Trinajstić information content (AvgIpc) is 3.60. The summed E-state index contributed by atoms with van der Waals surface area (Å²) >= 11 is 9.07. The van der Waals surface area contributed by atoms with E-state index in [2.05, 4.69) is 66.0 Å². The molecule has 170 valence electrons. The predicted octanol–water partition coefficient (Wildman–Crippen LogP) is 9.16. The Morgan fingerprint density at radius 3 is 1.58 bits per heavy atom. The minimum absolute atomic E-state index is 0.0247. The van der Waals surface area contributed by atoms with Crippen molar-refractivity contribution in [3.63, 3.8) is 0 Å². The highest BCUT2D eigenvalue weighted by Gasteiger charge is 2.14. The molecule has 0 radical (unpaired) electrons. The Labute approximate surface area is 212 Å². The van der Waals surface area contributed by atoms with Gasteiger partial charge in [0.15, 0.2) is 0 Å². The van der Waals surface area contributed by atoms with Gasteiger partial charge in [-0.25, -0.2) is 0 Å². The molecule has 5 aromatic rings. The maximum absolute atomic E-state index is 11.0. The lowest BCUT2D eigenvalue weighted by Gasteiger charge is -2.02. The van der Waals surface area contributed by atoms with Crippen molar-refractivity contribution in [3.8, 4) is 39.0 Å². The van der Waals surface area contributed by atoms with Gasteiger partial charge < -0.3 is 9.79 Å². The van der Waals surface area contributed by atoms with Gasteiger partial charge >= 0.3 is 7.60 Å². The number of hydrogen-bond donors (Lipinski definition) is 2. The van der Waals surface area contributed by atoms with Gasteiger partial charge in [0.2, 0.25) is 0 Å². The maximum atomic E-state index is 11.0. The van der Waals surface area contributed by atoms with Gasteiger partial charge in [-0.15, -0.1) is 56.7 Å². The number of aryl methyl sites for hydroxylation is 1. The first-order chi connectivity index (χ1) is 15.9. The molecule has 33 heavy (non-hydrogen) atoms. The lowest BCUT2D eigenvalue weighted by molar-refractivity contribution is 0.371. The van der Waals surface area contributed by atoms with E-state index >= 15 is 0 Å². The molecule has 0 aromatic carbocycles. The first kappa shape index (κ1) is 23.4. The van der Waals surface area contributed by atoms with Crippen LogP contribution in [0, 0.1) is 0 Å². The van der Waals surface area contributed by atoms with Crippen LogP contribution in [0.25, 0.3) is 39.0 Å². The molecule has 0 amide bonds. The van der Waals surface area contributed by atoms with E-state index in [0.29, 0.717) is 6.42 Å². The molecule has 0 aliphatic rings. The molecule has 0 aliphatic heterocycles. The molecule has 0 saturated heterocycles. The number of rotatable bonds is 9. The van der Waals surface area contributed by atoms with Gasteiger partial charge in [0.1, 0.15) is 0 Å². The molecule has 3 nitrogen and oxygen atoms in total. The van der Waals surface area contributed by atoms with E-state index < -0.39 is 7.60 Å². The van der Waals surface area contributed by atoms with E-state index in [4.69, 9.17) is 9.79 Å². The molecule has 5 aromatic heterocycles. The normalized spacial score (nSPS) is 11.9. The Bertz CT molecular complexity index is 1380. The first-order valence-corrected chi connectivity index (χ1v) is 16.4. The minimum Gasteiger partial charge on any atom is -0.324 e.